The van der Waals surface area contributed by atoms with Crippen molar-refractivity contribution in [3.05, 3.63) is 28.2 Å². The normalized spacial score (nSPS) is 21.2. The van der Waals surface area contributed by atoms with Gasteiger partial charge in [0.15, 0.2) is 5.79 Å². The second-order valence-electron chi connectivity index (χ2n) is 5.90. The highest BCUT2D eigenvalue weighted by Crippen LogP contribution is 2.31. The Labute approximate surface area is 139 Å². The lowest BCUT2D eigenvalue weighted by Crippen LogP contribution is -2.47. The highest BCUT2D eigenvalue weighted by molar-refractivity contribution is 9.10. The number of carbonyl (C=O) groups is 1. The van der Waals surface area contributed by atoms with E-state index in [1.165, 1.54) is 0 Å². The van der Waals surface area contributed by atoms with Crippen LogP contribution >= 0.6 is 15.9 Å². The largest absolute Gasteiger partial charge is 0.347 e. The van der Waals surface area contributed by atoms with E-state index in [0.717, 1.165) is 41.7 Å². The molecule has 2 saturated heterocycles. The summed E-state index contributed by atoms with van der Waals surface area (Å²) in [5.74, 6) is -0.360. The lowest BCUT2D eigenvalue weighted by atomic mass is 10.0. The zero-order chi connectivity index (χ0) is 15.6. The highest BCUT2D eigenvalue weighted by atomic mass is 79.9. The molecule has 22 heavy (non-hydrogen) atoms. The molecule has 0 unspecified atom stereocenters. The van der Waals surface area contributed by atoms with Crippen molar-refractivity contribution in [1.82, 2.24) is 4.90 Å². The van der Waals surface area contributed by atoms with Crippen molar-refractivity contribution < 1.29 is 14.3 Å². The van der Waals surface area contributed by atoms with Gasteiger partial charge in [0.2, 0.25) is 5.91 Å². The van der Waals surface area contributed by atoms with Crippen molar-refractivity contribution >= 4 is 27.5 Å². The van der Waals surface area contributed by atoms with E-state index in [1.54, 1.807) is 0 Å². The first-order valence-electron chi connectivity index (χ1n) is 7.63. The topological polar surface area (TPSA) is 50.8 Å². The molecule has 1 spiro atoms. The Morgan fingerprint density at radius 1 is 1.32 bits per heavy atom. The average Bonchev–Trinajstić information content (AvgIpc) is 2.94. The number of rotatable bonds is 3. The fourth-order valence-corrected chi connectivity index (χ4v) is 3.21. The Balaban J connectivity index is 1.49. The second-order valence-corrected chi connectivity index (χ2v) is 6.75. The summed E-state index contributed by atoms with van der Waals surface area (Å²) in [4.78, 5) is 14.3. The molecule has 2 aliphatic heterocycles. The number of anilines is 1. The smallest absolute Gasteiger partial charge is 0.238 e. The first-order valence-corrected chi connectivity index (χ1v) is 8.42. The molecule has 6 heteroatoms. The summed E-state index contributed by atoms with van der Waals surface area (Å²) in [5.41, 5.74) is 1.94. The molecule has 0 atom stereocenters. The number of likely N-dealkylation sites (tertiary alicyclic amines) is 1. The highest BCUT2D eigenvalue weighted by Gasteiger charge is 2.39. The van der Waals surface area contributed by atoms with Crippen LogP contribution in [0.4, 0.5) is 5.69 Å². The number of halogens is 1. The van der Waals surface area contributed by atoms with Crippen LogP contribution in [-0.2, 0) is 14.3 Å². The van der Waals surface area contributed by atoms with Gasteiger partial charge in [-0.25, -0.2) is 0 Å². The number of hydrogen-bond acceptors (Lipinski definition) is 4. The molecule has 0 aromatic heterocycles. The van der Waals surface area contributed by atoms with Crippen LogP contribution in [-0.4, -0.2) is 49.4 Å². The van der Waals surface area contributed by atoms with E-state index in [4.69, 9.17) is 9.47 Å². The Hall–Kier alpha value is -0.950. The summed E-state index contributed by atoms with van der Waals surface area (Å²) < 4.78 is 12.4. The standard InChI is InChI=1S/C16H21BrN2O3/c1-12-10-13(2-3-14(12)17)18-15(20)11-19-6-4-16(5-7-19)21-8-9-22-16/h2-3,10H,4-9,11H2,1H3,(H,18,20). The van der Waals surface area contributed by atoms with E-state index in [9.17, 15) is 4.79 Å². The molecular formula is C16H21BrN2O3. The van der Waals surface area contributed by atoms with E-state index in [2.05, 4.69) is 26.1 Å². The van der Waals surface area contributed by atoms with E-state index in [1.807, 2.05) is 25.1 Å². The molecule has 3 rings (SSSR count). The molecule has 5 nitrogen and oxygen atoms in total. The molecule has 1 aromatic carbocycles. The number of piperidine rings is 1. The monoisotopic (exact) mass is 368 g/mol. The molecule has 0 saturated carbocycles. The van der Waals surface area contributed by atoms with Gasteiger partial charge in [-0.2, -0.15) is 0 Å². The molecule has 120 valence electrons. The fourth-order valence-electron chi connectivity index (χ4n) is 2.96. The minimum atomic E-state index is -0.379. The van der Waals surface area contributed by atoms with Crippen molar-refractivity contribution in [2.45, 2.75) is 25.6 Å². The minimum Gasteiger partial charge on any atom is -0.347 e. The molecule has 1 amide bonds. The van der Waals surface area contributed by atoms with Gasteiger partial charge in [-0.15, -0.1) is 0 Å². The zero-order valence-corrected chi connectivity index (χ0v) is 14.3. The summed E-state index contributed by atoms with van der Waals surface area (Å²) >= 11 is 3.46. The number of amides is 1. The predicted molar refractivity (Wildman–Crippen MR) is 87.8 cm³/mol. The number of nitrogens with zero attached hydrogens (tertiary/aromatic N) is 1. The Kier molecular flexibility index (Phi) is 4.82. The van der Waals surface area contributed by atoms with Gasteiger partial charge in [0, 0.05) is 36.1 Å². The van der Waals surface area contributed by atoms with E-state index < -0.39 is 0 Å². The summed E-state index contributed by atoms with van der Waals surface area (Å²) in [5, 5.41) is 2.95. The summed E-state index contributed by atoms with van der Waals surface area (Å²) in [6, 6.07) is 5.82. The first kappa shape index (κ1) is 15.9. The number of benzene rings is 1. The first-order chi connectivity index (χ1) is 10.6. The van der Waals surface area contributed by atoms with Gasteiger partial charge in [0.25, 0.3) is 0 Å². The second kappa shape index (κ2) is 6.66. The minimum absolute atomic E-state index is 0.0194. The van der Waals surface area contributed by atoms with E-state index in [0.29, 0.717) is 19.8 Å². The molecule has 0 aliphatic carbocycles. The Morgan fingerprint density at radius 3 is 2.64 bits per heavy atom. The van der Waals surface area contributed by atoms with Crippen molar-refractivity contribution in [2.75, 3.05) is 38.2 Å². The molecule has 0 radical (unpaired) electrons. The Morgan fingerprint density at radius 2 is 2.00 bits per heavy atom. The third kappa shape index (κ3) is 3.68. The number of aryl methyl sites for hydroxylation is 1. The van der Waals surface area contributed by atoms with Crippen molar-refractivity contribution in [2.24, 2.45) is 0 Å². The van der Waals surface area contributed by atoms with Gasteiger partial charge in [-0.3, -0.25) is 9.69 Å². The number of nitrogens with one attached hydrogen (secondary N) is 1. The maximum atomic E-state index is 12.2. The third-order valence-corrected chi connectivity index (χ3v) is 5.13. The number of hydrogen-bond donors (Lipinski definition) is 1. The van der Waals surface area contributed by atoms with Gasteiger partial charge in [0.05, 0.1) is 19.8 Å². The molecule has 0 bridgehead atoms. The lowest BCUT2D eigenvalue weighted by molar-refractivity contribution is -0.185. The van der Waals surface area contributed by atoms with Crippen molar-refractivity contribution in [3.8, 4) is 0 Å². The molecule has 2 heterocycles. The van der Waals surface area contributed by atoms with Gasteiger partial charge >= 0.3 is 0 Å². The van der Waals surface area contributed by atoms with Crippen LogP contribution in [0.3, 0.4) is 0 Å². The van der Waals surface area contributed by atoms with E-state index in [-0.39, 0.29) is 11.7 Å². The molecule has 1 N–H and O–H groups in total. The molecule has 1 aromatic rings. The molecular weight excluding hydrogens is 348 g/mol. The van der Waals surface area contributed by atoms with Gasteiger partial charge in [-0.1, -0.05) is 15.9 Å². The van der Waals surface area contributed by atoms with Crippen LogP contribution in [0, 0.1) is 6.92 Å². The van der Waals surface area contributed by atoms with E-state index >= 15 is 0 Å². The maximum Gasteiger partial charge on any atom is 0.238 e. The fraction of sp³-hybridized carbons (Fsp3) is 0.562. The zero-order valence-electron chi connectivity index (χ0n) is 12.7. The van der Waals surface area contributed by atoms with Gasteiger partial charge < -0.3 is 14.8 Å². The van der Waals surface area contributed by atoms with Crippen LogP contribution in [0.1, 0.15) is 18.4 Å². The Bertz CT molecular complexity index is 548. The van der Waals surface area contributed by atoms with Crippen LogP contribution < -0.4 is 5.32 Å². The van der Waals surface area contributed by atoms with Crippen LogP contribution in [0.25, 0.3) is 0 Å². The summed E-state index contributed by atoms with van der Waals surface area (Å²) in [6.07, 6.45) is 1.66. The average molecular weight is 369 g/mol. The SMILES string of the molecule is Cc1cc(NC(=O)CN2CCC3(CC2)OCCO3)ccc1Br. The van der Waals surface area contributed by atoms with Gasteiger partial charge in [-0.05, 0) is 30.7 Å². The summed E-state index contributed by atoms with van der Waals surface area (Å²) in [7, 11) is 0. The van der Waals surface area contributed by atoms with Crippen LogP contribution in [0.15, 0.2) is 22.7 Å². The molecule has 2 aliphatic rings. The summed E-state index contributed by atoms with van der Waals surface area (Å²) in [6.45, 7) is 5.43. The van der Waals surface area contributed by atoms with Crippen molar-refractivity contribution in [3.63, 3.8) is 0 Å². The predicted octanol–water partition coefficient (Wildman–Crippen LogP) is 2.53. The molecule has 2 fully saturated rings. The third-order valence-electron chi connectivity index (χ3n) is 4.24. The van der Waals surface area contributed by atoms with Gasteiger partial charge in [0.1, 0.15) is 0 Å². The lowest BCUT2D eigenvalue weighted by Gasteiger charge is -2.37. The quantitative estimate of drug-likeness (QED) is 0.890. The van der Waals surface area contributed by atoms with Crippen molar-refractivity contribution in [1.29, 1.82) is 0 Å². The maximum absolute atomic E-state index is 12.2. The van der Waals surface area contributed by atoms with Crippen LogP contribution in [0.5, 0.6) is 0 Å². The number of ether oxygens (including phenoxy) is 2. The number of carbonyl (C=O) groups excluding carboxylic acids is 1. The van der Waals surface area contributed by atoms with Crippen LogP contribution in [0.2, 0.25) is 0 Å².